The van der Waals surface area contributed by atoms with Crippen LogP contribution in [0.1, 0.15) is 5.56 Å². The molecule has 0 aromatic heterocycles. The maximum Gasteiger partial charge on any atom is 0.329 e. The number of carbonyl (C=O) groups excluding carboxylic acids is 1. The Labute approximate surface area is 111 Å². The summed E-state index contributed by atoms with van der Waals surface area (Å²) in [6.45, 7) is -1.05. The molecule has 1 unspecified atom stereocenters. The zero-order valence-electron chi connectivity index (χ0n) is 10.4. The lowest BCUT2D eigenvalue weighted by molar-refractivity contribution is -0.143. The van der Waals surface area contributed by atoms with E-state index in [1.807, 2.05) is 30.3 Å². The molecule has 0 heterocycles. The molecule has 1 amide bonds. The van der Waals surface area contributed by atoms with Crippen LogP contribution in [0.5, 0.6) is 0 Å². The van der Waals surface area contributed by atoms with Crippen molar-refractivity contribution in [1.82, 2.24) is 5.32 Å². The number of aliphatic hydroxyl groups excluding tert-OH is 1. The fourth-order valence-electron chi connectivity index (χ4n) is 1.56. The largest absolute Gasteiger partial charge is 0.480 e. The zero-order valence-corrected chi connectivity index (χ0v) is 10.4. The van der Waals surface area contributed by atoms with Crippen LogP contribution in [0.3, 0.4) is 0 Å². The van der Waals surface area contributed by atoms with Crippen LogP contribution in [0.15, 0.2) is 30.3 Å². The fraction of sp³-hybridized carbons (Fsp3) is 0.385. The third kappa shape index (κ3) is 6.54. The van der Waals surface area contributed by atoms with E-state index in [-0.39, 0.29) is 13.2 Å². The van der Waals surface area contributed by atoms with Gasteiger partial charge in [0.15, 0.2) is 0 Å². The van der Waals surface area contributed by atoms with Gasteiger partial charge in [0.25, 0.3) is 0 Å². The third-order valence-electron chi connectivity index (χ3n) is 2.37. The number of hydrogen-bond donors (Lipinski definition) is 3. The Balaban J connectivity index is 2.35. The molecule has 1 aromatic carbocycles. The standard InChI is InChI=1S/C13H17NO5/c15-7-11(6-10-4-2-1-3-5-10)14-12(16)8-19-9-13(17)18/h1-5,11,15H,6-9H2,(H,14,16)(H,17,18). The summed E-state index contributed by atoms with van der Waals surface area (Å²) < 4.78 is 4.66. The number of aliphatic carboxylic acids is 1. The van der Waals surface area contributed by atoms with Crippen molar-refractivity contribution in [2.75, 3.05) is 19.8 Å². The molecule has 0 aliphatic carbocycles. The molecule has 6 nitrogen and oxygen atoms in total. The maximum atomic E-state index is 11.4. The minimum absolute atomic E-state index is 0.195. The van der Waals surface area contributed by atoms with Crippen molar-refractivity contribution in [2.24, 2.45) is 0 Å². The van der Waals surface area contributed by atoms with Gasteiger partial charge in [0.2, 0.25) is 5.91 Å². The number of carboxylic acids is 1. The predicted octanol–water partition coefficient (Wildman–Crippen LogP) is -0.193. The fourth-order valence-corrected chi connectivity index (χ4v) is 1.56. The Bertz CT molecular complexity index is 407. The summed E-state index contributed by atoms with van der Waals surface area (Å²) in [7, 11) is 0. The van der Waals surface area contributed by atoms with E-state index in [0.29, 0.717) is 6.42 Å². The number of amides is 1. The lowest BCUT2D eigenvalue weighted by atomic mass is 10.1. The first kappa shape index (κ1) is 15.1. The molecule has 0 aliphatic rings. The highest BCUT2D eigenvalue weighted by atomic mass is 16.5. The molecular weight excluding hydrogens is 250 g/mol. The lowest BCUT2D eigenvalue weighted by Gasteiger charge is -2.16. The summed E-state index contributed by atoms with van der Waals surface area (Å²) in [5.74, 6) is -1.58. The summed E-state index contributed by atoms with van der Waals surface area (Å²) >= 11 is 0. The lowest BCUT2D eigenvalue weighted by Crippen LogP contribution is -2.41. The smallest absolute Gasteiger partial charge is 0.329 e. The van der Waals surface area contributed by atoms with E-state index in [9.17, 15) is 14.7 Å². The minimum Gasteiger partial charge on any atom is -0.480 e. The van der Waals surface area contributed by atoms with Crippen LogP contribution < -0.4 is 5.32 Å². The van der Waals surface area contributed by atoms with Gasteiger partial charge in [-0.25, -0.2) is 4.79 Å². The van der Waals surface area contributed by atoms with Crippen molar-refractivity contribution < 1.29 is 24.5 Å². The van der Waals surface area contributed by atoms with Gasteiger partial charge in [-0.3, -0.25) is 4.79 Å². The molecule has 104 valence electrons. The highest BCUT2D eigenvalue weighted by Crippen LogP contribution is 2.02. The summed E-state index contributed by atoms with van der Waals surface area (Å²) in [6, 6.07) is 9.02. The van der Waals surface area contributed by atoms with Crippen LogP contribution in [-0.2, 0) is 20.7 Å². The van der Waals surface area contributed by atoms with Gasteiger partial charge in [-0.15, -0.1) is 0 Å². The SMILES string of the molecule is O=C(O)COCC(=O)NC(CO)Cc1ccccc1. The first-order valence-corrected chi connectivity index (χ1v) is 5.85. The average molecular weight is 267 g/mol. The first-order valence-electron chi connectivity index (χ1n) is 5.85. The molecule has 1 aromatic rings. The van der Waals surface area contributed by atoms with Gasteiger partial charge in [-0.1, -0.05) is 30.3 Å². The van der Waals surface area contributed by atoms with Crippen molar-refractivity contribution in [3.63, 3.8) is 0 Å². The van der Waals surface area contributed by atoms with Crippen molar-refractivity contribution in [1.29, 1.82) is 0 Å². The molecule has 19 heavy (non-hydrogen) atoms. The van der Waals surface area contributed by atoms with Crippen molar-refractivity contribution >= 4 is 11.9 Å². The third-order valence-corrected chi connectivity index (χ3v) is 2.37. The van der Waals surface area contributed by atoms with E-state index in [1.54, 1.807) is 0 Å². The quantitative estimate of drug-likeness (QED) is 0.606. The number of hydrogen-bond acceptors (Lipinski definition) is 4. The number of benzene rings is 1. The molecule has 0 bridgehead atoms. The van der Waals surface area contributed by atoms with Gasteiger partial charge >= 0.3 is 5.97 Å². The van der Waals surface area contributed by atoms with Gasteiger partial charge < -0.3 is 20.3 Å². The molecule has 0 aliphatic heterocycles. The van der Waals surface area contributed by atoms with Crippen LogP contribution >= 0.6 is 0 Å². The predicted molar refractivity (Wildman–Crippen MR) is 67.6 cm³/mol. The number of nitrogens with one attached hydrogen (secondary N) is 1. The second kappa shape index (κ2) is 8.23. The molecule has 0 fully saturated rings. The van der Waals surface area contributed by atoms with E-state index in [0.717, 1.165) is 5.56 Å². The van der Waals surface area contributed by atoms with E-state index >= 15 is 0 Å². The van der Waals surface area contributed by atoms with Gasteiger partial charge in [-0.2, -0.15) is 0 Å². The number of aliphatic hydroxyl groups is 1. The summed E-state index contributed by atoms with van der Waals surface area (Å²) in [6.07, 6.45) is 0.502. The van der Waals surface area contributed by atoms with Gasteiger partial charge in [0.05, 0.1) is 12.6 Å². The van der Waals surface area contributed by atoms with Crippen LogP contribution in [-0.4, -0.2) is 48.0 Å². The molecule has 0 saturated carbocycles. The highest BCUT2D eigenvalue weighted by Gasteiger charge is 2.12. The molecule has 6 heteroatoms. The van der Waals surface area contributed by atoms with Gasteiger partial charge in [0, 0.05) is 0 Å². The first-order chi connectivity index (χ1) is 9.11. The molecule has 0 spiro atoms. The number of rotatable bonds is 8. The van der Waals surface area contributed by atoms with Crippen LogP contribution in [0.25, 0.3) is 0 Å². The topological polar surface area (TPSA) is 95.9 Å². The average Bonchev–Trinajstić information content (AvgIpc) is 2.38. The van der Waals surface area contributed by atoms with E-state index in [1.165, 1.54) is 0 Å². The van der Waals surface area contributed by atoms with Crippen molar-refractivity contribution in [2.45, 2.75) is 12.5 Å². The summed E-state index contributed by atoms with van der Waals surface area (Å²) in [5, 5.41) is 20.1. The highest BCUT2D eigenvalue weighted by molar-refractivity contribution is 5.78. The van der Waals surface area contributed by atoms with Crippen LogP contribution in [0, 0.1) is 0 Å². The number of carboxylic acid groups (broad SMARTS) is 1. The molecular formula is C13H17NO5. The molecule has 0 saturated heterocycles. The Kier molecular flexibility index (Phi) is 6.56. The Morgan fingerprint density at radius 3 is 2.47 bits per heavy atom. The molecule has 1 atom stereocenters. The van der Waals surface area contributed by atoms with Crippen LogP contribution in [0.4, 0.5) is 0 Å². The Morgan fingerprint density at radius 2 is 1.89 bits per heavy atom. The maximum absolute atomic E-state index is 11.4. The normalized spacial score (nSPS) is 11.8. The second-order valence-corrected chi connectivity index (χ2v) is 4.02. The van der Waals surface area contributed by atoms with E-state index in [4.69, 9.17) is 5.11 Å². The van der Waals surface area contributed by atoms with E-state index in [2.05, 4.69) is 10.1 Å². The number of ether oxygens (including phenoxy) is 1. The molecule has 0 radical (unpaired) electrons. The Morgan fingerprint density at radius 1 is 1.21 bits per heavy atom. The second-order valence-electron chi connectivity index (χ2n) is 4.02. The van der Waals surface area contributed by atoms with Crippen molar-refractivity contribution in [3.8, 4) is 0 Å². The Hall–Kier alpha value is -1.92. The minimum atomic E-state index is -1.13. The monoisotopic (exact) mass is 267 g/mol. The van der Waals surface area contributed by atoms with Crippen LogP contribution in [0.2, 0.25) is 0 Å². The van der Waals surface area contributed by atoms with E-state index < -0.39 is 24.5 Å². The molecule has 1 rings (SSSR count). The number of carbonyl (C=O) groups is 2. The van der Waals surface area contributed by atoms with Gasteiger partial charge in [0.1, 0.15) is 13.2 Å². The summed E-state index contributed by atoms with van der Waals surface area (Å²) in [5.41, 5.74) is 0.994. The zero-order chi connectivity index (χ0) is 14.1. The molecule has 3 N–H and O–H groups in total. The van der Waals surface area contributed by atoms with Gasteiger partial charge in [-0.05, 0) is 12.0 Å². The van der Waals surface area contributed by atoms with Crippen molar-refractivity contribution in [3.05, 3.63) is 35.9 Å². The summed E-state index contributed by atoms with van der Waals surface area (Å²) in [4.78, 5) is 21.6.